The predicted molar refractivity (Wildman–Crippen MR) is 144 cm³/mol. The van der Waals surface area contributed by atoms with Crippen LogP contribution in [0.2, 0.25) is 0 Å². The van der Waals surface area contributed by atoms with Crippen LogP contribution in [0, 0.1) is 0 Å². The lowest BCUT2D eigenvalue weighted by molar-refractivity contribution is -0.129. The highest BCUT2D eigenvalue weighted by Gasteiger charge is 2.25. The summed E-state index contributed by atoms with van der Waals surface area (Å²) in [7, 11) is 0. The number of nitrogens with two attached hydrogens (primary N) is 1. The molecule has 0 radical (unpaired) electrons. The second kappa shape index (κ2) is 12.5. The normalized spacial score (nSPS) is 15.0. The van der Waals surface area contributed by atoms with Crippen molar-refractivity contribution < 1.29 is 19.5 Å². The number of carbonyl (C=O) groups excluding carboxylic acids is 3. The number of aliphatic hydroxyl groups excluding tert-OH is 1. The van der Waals surface area contributed by atoms with Crippen molar-refractivity contribution in [3.05, 3.63) is 77.9 Å². The molecular weight excluding hydrogens is 468 g/mol. The average Bonchev–Trinajstić information content (AvgIpc) is 3.07. The molecule has 1 heterocycles. The third kappa shape index (κ3) is 6.93. The Morgan fingerprint density at radius 2 is 1.76 bits per heavy atom. The Morgan fingerprint density at radius 1 is 1.00 bits per heavy atom. The Balaban J connectivity index is 1.45. The first-order chi connectivity index (χ1) is 17.9. The summed E-state index contributed by atoms with van der Waals surface area (Å²) in [6, 6.07) is 20.8. The molecule has 0 aromatic heterocycles. The average molecular weight is 503 g/mol. The van der Waals surface area contributed by atoms with E-state index in [4.69, 9.17) is 5.73 Å². The zero-order valence-corrected chi connectivity index (χ0v) is 20.9. The van der Waals surface area contributed by atoms with E-state index in [9.17, 15) is 19.5 Å². The minimum atomic E-state index is -0.866. The van der Waals surface area contributed by atoms with Crippen LogP contribution in [0.15, 0.2) is 66.7 Å². The largest absolute Gasteiger partial charge is 0.390 e. The zero-order chi connectivity index (χ0) is 26.2. The molecule has 2 atom stereocenters. The zero-order valence-electron chi connectivity index (χ0n) is 20.9. The third-order valence-corrected chi connectivity index (χ3v) is 6.67. The topological polar surface area (TPSA) is 125 Å². The van der Waals surface area contributed by atoms with Crippen LogP contribution in [0.1, 0.15) is 30.4 Å². The SMILES string of the molecule is NCC(O)CNC(=O)C(Cc1ccc2ccccc2c1)NC(=O)CCN1C(=O)CCCc2ccccc21. The number of hydrogen-bond donors (Lipinski definition) is 4. The van der Waals surface area contributed by atoms with Crippen molar-refractivity contribution in [3.63, 3.8) is 0 Å². The molecule has 0 spiro atoms. The first kappa shape index (κ1) is 26.3. The highest BCUT2D eigenvalue weighted by molar-refractivity contribution is 5.96. The molecule has 4 rings (SSSR count). The number of nitrogens with zero attached hydrogens (tertiary/aromatic N) is 1. The van der Waals surface area contributed by atoms with E-state index in [1.165, 1.54) is 0 Å². The van der Waals surface area contributed by atoms with Crippen LogP contribution < -0.4 is 21.3 Å². The molecule has 194 valence electrons. The van der Waals surface area contributed by atoms with Gasteiger partial charge in [0.15, 0.2) is 0 Å². The maximum absolute atomic E-state index is 13.0. The Labute approximate surface area is 216 Å². The van der Waals surface area contributed by atoms with Crippen LogP contribution in [0.4, 0.5) is 5.69 Å². The molecule has 3 aromatic carbocycles. The van der Waals surface area contributed by atoms with Gasteiger partial charge >= 0.3 is 0 Å². The summed E-state index contributed by atoms with van der Waals surface area (Å²) in [5.74, 6) is -0.723. The van der Waals surface area contributed by atoms with E-state index in [1.54, 1.807) is 4.90 Å². The number of aryl methyl sites for hydroxylation is 1. The number of hydrogen-bond acceptors (Lipinski definition) is 5. The number of amides is 3. The van der Waals surface area contributed by atoms with Crippen LogP contribution >= 0.6 is 0 Å². The molecule has 1 aliphatic heterocycles. The van der Waals surface area contributed by atoms with Gasteiger partial charge in [0.1, 0.15) is 6.04 Å². The van der Waals surface area contributed by atoms with Crippen molar-refractivity contribution in [1.29, 1.82) is 0 Å². The van der Waals surface area contributed by atoms with E-state index in [1.807, 2.05) is 66.7 Å². The molecule has 5 N–H and O–H groups in total. The van der Waals surface area contributed by atoms with Gasteiger partial charge in [0.2, 0.25) is 17.7 Å². The molecule has 8 heteroatoms. The van der Waals surface area contributed by atoms with Crippen molar-refractivity contribution in [1.82, 2.24) is 10.6 Å². The van der Waals surface area contributed by atoms with E-state index < -0.39 is 18.1 Å². The Hall–Kier alpha value is -3.75. The quantitative estimate of drug-likeness (QED) is 0.338. The molecule has 8 nitrogen and oxygen atoms in total. The fourth-order valence-corrected chi connectivity index (χ4v) is 4.65. The lowest BCUT2D eigenvalue weighted by Crippen LogP contribution is -2.50. The molecule has 0 bridgehead atoms. The maximum Gasteiger partial charge on any atom is 0.243 e. The van der Waals surface area contributed by atoms with Gasteiger partial charge in [0.05, 0.1) is 6.10 Å². The molecule has 0 aliphatic carbocycles. The van der Waals surface area contributed by atoms with Crippen molar-refractivity contribution in [2.24, 2.45) is 5.73 Å². The minimum Gasteiger partial charge on any atom is -0.390 e. The van der Waals surface area contributed by atoms with Crippen LogP contribution in [-0.2, 0) is 27.2 Å². The number of para-hydroxylation sites is 1. The first-order valence-electron chi connectivity index (χ1n) is 12.8. The predicted octanol–water partition coefficient (Wildman–Crippen LogP) is 2.06. The van der Waals surface area contributed by atoms with E-state index >= 15 is 0 Å². The van der Waals surface area contributed by atoms with Gasteiger partial charge in [-0.25, -0.2) is 0 Å². The van der Waals surface area contributed by atoms with Gasteiger partial charge in [0.25, 0.3) is 0 Å². The second-order valence-corrected chi connectivity index (χ2v) is 9.42. The lowest BCUT2D eigenvalue weighted by Gasteiger charge is -2.24. The van der Waals surface area contributed by atoms with Crippen molar-refractivity contribution in [2.45, 2.75) is 44.2 Å². The molecule has 1 aliphatic rings. The Morgan fingerprint density at radius 3 is 2.57 bits per heavy atom. The lowest BCUT2D eigenvalue weighted by atomic mass is 10.0. The summed E-state index contributed by atoms with van der Waals surface area (Å²) < 4.78 is 0. The van der Waals surface area contributed by atoms with E-state index in [2.05, 4.69) is 10.6 Å². The molecular formula is C29H34N4O4. The summed E-state index contributed by atoms with van der Waals surface area (Å²) in [6.07, 6.45) is 1.52. The second-order valence-electron chi connectivity index (χ2n) is 9.42. The number of benzene rings is 3. The van der Waals surface area contributed by atoms with Gasteiger partial charge in [-0.3, -0.25) is 14.4 Å². The van der Waals surface area contributed by atoms with Crippen LogP contribution in [-0.4, -0.2) is 54.6 Å². The summed E-state index contributed by atoms with van der Waals surface area (Å²) in [4.78, 5) is 40.4. The van der Waals surface area contributed by atoms with E-state index in [0.29, 0.717) is 6.42 Å². The number of rotatable bonds is 10. The number of anilines is 1. The number of carbonyl (C=O) groups is 3. The number of fused-ring (bicyclic) bond motifs is 2. The van der Waals surface area contributed by atoms with Crippen LogP contribution in [0.5, 0.6) is 0 Å². The van der Waals surface area contributed by atoms with Crippen molar-refractivity contribution >= 4 is 34.2 Å². The van der Waals surface area contributed by atoms with E-state index in [-0.39, 0.29) is 44.3 Å². The molecule has 0 saturated heterocycles. The van der Waals surface area contributed by atoms with Crippen LogP contribution in [0.3, 0.4) is 0 Å². The van der Waals surface area contributed by atoms with E-state index in [0.717, 1.165) is 40.4 Å². The maximum atomic E-state index is 13.0. The molecule has 0 saturated carbocycles. The summed E-state index contributed by atoms with van der Waals surface area (Å²) in [5, 5.41) is 17.4. The molecule has 37 heavy (non-hydrogen) atoms. The molecule has 3 aromatic rings. The first-order valence-corrected chi connectivity index (χ1v) is 12.8. The van der Waals surface area contributed by atoms with Gasteiger partial charge < -0.3 is 26.4 Å². The number of aliphatic hydroxyl groups is 1. The fraction of sp³-hybridized carbons (Fsp3) is 0.345. The summed E-state index contributed by atoms with van der Waals surface area (Å²) >= 11 is 0. The summed E-state index contributed by atoms with van der Waals surface area (Å²) in [5.41, 5.74) is 8.30. The van der Waals surface area contributed by atoms with Gasteiger partial charge in [-0.05, 0) is 40.8 Å². The van der Waals surface area contributed by atoms with Gasteiger partial charge in [-0.2, -0.15) is 0 Å². The molecule has 2 unspecified atom stereocenters. The monoisotopic (exact) mass is 502 g/mol. The number of nitrogens with one attached hydrogen (secondary N) is 2. The highest BCUT2D eigenvalue weighted by Crippen LogP contribution is 2.27. The van der Waals surface area contributed by atoms with Gasteiger partial charge in [-0.1, -0.05) is 60.7 Å². The minimum absolute atomic E-state index is 0.000945. The fourth-order valence-electron chi connectivity index (χ4n) is 4.65. The van der Waals surface area contributed by atoms with Crippen molar-refractivity contribution in [2.75, 3.05) is 24.5 Å². The standard InChI is InChI=1S/C29H34N4O4/c30-18-24(34)19-31-29(37)25(17-20-12-13-21-6-1-2-8-23(21)16-20)32-27(35)14-15-33-26-10-4-3-7-22(26)9-5-11-28(33)36/h1-4,6-8,10,12-13,16,24-25,34H,5,9,11,14-15,17-19,30H2,(H,31,37)(H,32,35). The van der Waals surface area contributed by atoms with Crippen molar-refractivity contribution in [3.8, 4) is 0 Å². The van der Waals surface area contributed by atoms with Gasteiger partial charge in [0, 0.05) is 44.6 Å². The summed E-state index contributed by atoms with van der Waals surface area (Å²) in [6.45, 7) is 0.254. The molecule has 0 fully saturated rings. The Bertz CT molecular complexity index is 1260. The highest BCUT2D eigenvalue weighted by atomic mass is 16.3. The van der Waals surface area contributed by atoms with Crippen LogP contribution in [0.25, 0.3) is 10.8 Å². The Kier molecular flexibility index (Phi) is 8.87. The third-order valence-electron chi connectivity index (χ3n) is 6.67. The smallest absolute Gasteiger partial charge is 0.243 e. The molecule has 3 amide bonds. The van der Waals surface area contributed by atoms with Gasteiger partial charge in [-0.15, -0.1) is 0 Å².